The molecule has 0 amide bonds. The van der Waals surface area contributed by atoms with Gasteiger partial charge in [-0.05, 0) is 30.3 Å². The fourth-order valence-electron chi connectivity index (χ4n) is 1.59. The van der Waals surface area contributed by atoms with Gasteiger partial charge in [0, 0.05) is 27.8 Å². The molecule has 104 valence electrons. The third kappa shape index (κ3) is 3.43. The lowest BCUT2D eigenvalue weighted by Crippen LogP contribution is -1.96. The summed E-state index contributed by atoms with van der Waals surface area (Å²) < 4.78 is 17.6. The lowest BCUT2D eigenvalue weighted by atomic mass is 10.3. The fourth-order valence-corrected chi connectivity index (χ4v) is 3.45. The maximum absolute atomic E-state index is 12.6. The fraction of sp³-hybridized carbons (Fsp3) is 0.0769. The van der Waals surface area contributed by atoms with Gasteiger partial charge in [-0.3, -0.25) is 10.1 Å². The summed E-state index contributed by atoms with van der Waals surface area (Å²) in [5, 5.41) is 10.6. The third-order valence-electron chi connectivity index (χ3n) is 2.57. The second-order valence-electron chi connectivity index (χ2n) is 4.12. The zero-order valence-electron chi connectivity index (χ0n) is 10.5. The number of halogens is 1. The first-order valence-electron chi connectivity index (χ1n) is 5.61. The van der Waals surface area contributed by atoms with Crippen LogP contribution in [0, 0.1) is 10.1 Å². The van der Waals surface area contributed by atoms with E-state index >= 15 is 0 Å². The molecule has 0 fully saturated rings. The predicted molar refractivity (Wildman–Crippen MR) is 81.7 cm³/mol. The van der Waals surface area contributed by atoms with E-state index in [-0.39, 0.29) is 5.69 Å². The molecule has 0 aliphatic rings. The molecule has 7 heteroatoms. The summed E-state index contributed by atoms with van der Waals surface area (Å²) in [6, 6.07) is 12.8. The maximum Gasteiger partial charge on any atom is 0.269 e. The standard InChI is InChI=1S/C13H11BrN2O3S/c1-20(19,13-4-2-3-10(14)9-13)15-11-5-7-12(8-6-11)16(17)18/h2-9H,1H3. The molecule has 0 saturated heterocycles. The van der Waals surface area contributed by atoms with Crippen LogP contribution in [0.4, 0.5) is 11.4 Å². The first-order valence-corrected chi connectivity index (χ1v) is 8.32. The molecule has 0 radical (unpaired) electrons. The van der Waals surface area contributed by atoms with Crippen LogP contribution < -0.4 is 0 Å². The summed E-state index contributed by atoms with van der Waals surface area (Å²) in [6.07, 6.45) is 1.54. The van der Waals surface area contributed by atoms with Gasteiger partial charge in [-0.2, -0.15) is 4.36 Å². The molecule has 0 spiro atoms. The number of hydrogen-bond donors (Lipinski definition) is 0. The summed E-state index contributed by atoms with van der Waals surface area (Å²) in [7, 11) is -2.59. The van der Waals surface area contributed by atoms with E-state index in [0.717, 1.165) is 4.47 Å². The minimum absolute atomic E-state index is 0.0194. The van der Waals surface area contributed by atoms with E-state index in [1.807, 2.05) is 6.07 Å². The zero-order valence-corrected chi connectivity index (χ0v) is 12.9. The van der Waals surface area contributed by atoms with Gasteiger partial charge in [0.1, 0.15) is 0 Å². The molecular weight excluding hydrogens is 344 g/mol. The molecule has 2 rings (SSSR count). The van der Waals surface area contributed by atoms with Gasteiger partial charge in [-0.15, -0.1) is 0 Å². The van der Waals surface area contributed by atoms with Crippen LogP contribution in [-0.4, -0.2) is 15.4 Å². The van der Waals surface area contributed by atoms with Crippen LogP contribution in [-0.2, 0) is 9.73 Å². The van der Waals surface area contributed by atoms with Crippen LogP contribution in [0.15, 0.2) is 62.3 Å². The molecule has 20 heavy (non-hydrogen) atoms. The maximum atomic E-state index is 12.6. The summed E-state index contributed by atoms with van der Waals surface area (Å²) in [5.74, 6) is 0. The second kappa shape index (κ2) is 5.72. The van der Waals surface area contributed by atoms with Crippen LogP contribution in [0.25, 0.3) is 0 Å². The molecule has 1 unspecified atom stereocenters. The normalized spacial score (nSPS) is 13.5. The van der Waals surface area contributed by atoms with Crippen LogP contribution in [0.5, 0.6) is 0 Å². The van der Waals surface area contributed by atoms with Crippen molar-refractivity contribution in [3.05, 3.63) is 63.1 Å². The van der Waals surface area contributed by atoms with Crippen LogP contribution in [0.2, 0.25) is 0 Å². The van der Waals surface area contributed by atoms with Gasteiger partial charge in [0.15, 0.2) is 0 Å². The first-order chi connectivity index (χ1) is 9.38. The number of nitro groups is 1. The molecule has 0 aromatic heterocycles. The van der Waals surface area contributed by atoms with E-state index in [1.165, 1.54) is 30.5 Å². The van der Waals surface area contributed by atoms with Gasteiger partial charge in [0.05, 0.1) is 20.3 Å². The Kier molecular flexibility index (Phi) is 4.20. The Labute approximate surface area is 125 Å². The van der Waals surface area contributed by atoms with Gasteiger partial charge in [0.25, 0.3) is 5.69 Å². The second-order valence-corrected chi connectivity index (χ2v) is 7.30. The Morgan fingerprint density at radius 3 is 2.40 bits per heavy atom. The number of nitrogens with zero attached hydrogens (tertiary/aromatic N) is 2. The molecule has 2 aromatic carbocycles. The quantitative estimate of drug-likeness (QED) is 0.613. The van der Waals surface area contributed by atoms with Gasteiger partial charge in [-0.1, -0.05) is 22.0 Å². The van der Waals surface area contributed by atoms with E-state index in [2.05, 4.69) is 20.3 Å². The Balaban J connectivity index is 2.43. The molecular formula is C13H11BrN2O3S. The van der Waals surface area contributed by atoms with E-state index < -0.39 is 14.7 Å². The third-order valence-corrected chi connectivity index (χ3v) is 4.75. The van der Waals surface area contributed by atoms with Crippen molar-refractivity contribution in [2.45, 2.75) is 4.90 Å². The minimum atomic E-state index is -2.59. The van der Waals surface area contributed by atoms with E-state index in [9.17, 15) is 14.3 Å². The Hall–Kier alpha value is -1.73. The average molecular weight is 355 g/mol. The van der Waals surface area contributed by atoms with E-state index in [0.29, 0.717) is 10.6 Å². The number of non-ortho nitro benzene ring substituents is 1. The topological polar surface area (TPSA) is 72.6 Å². The van der Waals surface area contributed by atoms with Crippen LogP contribution in [0.3, 0.4) is 0 Å². The number of benzene rings is 2. The van der Waals surface area contributed by atoms with Gasteiger partial charge in [-0.25, -0.2) is 4.21 Å². The molecule has 2 aromatic rings. The lowest BCUT2D eigenvalue weighted by Gasteiger charge is -2.05. The van der Waals surface area contributed by atoms with Crippen molar-refractivity contribution in [3.63, 3.8) is 0 Å². The zero-order chi connectivity index (χ0) is 14.8. The highest BCUT2D eigenvalue weighted by atomic mass is 79.9. The highest BCUT2D eigenvalue weighted by molar-refractivity contribution is 9.10. The van der Waals surface area contributed by atoms with Crippen molar-refractivity contribution >= 4 is 37.0 Å². The number of hydrogen-bond acceptors (Lipinski definition) is 4. The molecule has 0 saturated carbocycles. The van der Waals surface area contributed by atoms with Crippen molar-refractivity contribution in [2.24, 2.45) is 4.36 Å². The van der Waals surface area contributed by atoms with Gasteiger partial charge >= 0.3 is 0 Å². The molecule has 0 N–H and O–H groups in total. The first kappa shape index (κ1) is 14.7. The number of rotatable bonds is 3. The average Bonchev–Trinajstić information content (AvgIpc) is 2.39. The van der Waals surface area contributed by atoms with Crippen molar-refractivity contribution in [3.8, 4) is 0 Å². The van der Waals surface area contributed by atoms with Crippen LogP contribution in [0.1, 0.15) is 0 Å². The van der Waals surface area contributed by atoms with Crippen molar-refractivity contribution < 1.29 is 9.13 Å². The van der Waals surface area contributed by atoms with Crippen molar-refractivity contribution in [1.29, 1.82) is 0 Å². The summed E-state index contributed by atoms with van der Waals surface area (Å²) in [4.78, 5) is 10.7. The van der Waals surface area contributed by atoms with E-state index in [1.54, 1.807) is 18.2 Å². The minimum Gasteiger partial charge on any atom is -0.258 e. The van der Waals surface area contributed by atoms with Gasteiger partial charge in [0.2, 0.25) is 0 Å². The smallest absolute Gasteiger partial charge is 0.258 e. The summed E-state index contributed by atoms with van der Waals surface area (Å²) >= 11 is 3.32. The van der Waals surface area contributed by atoms with E-state index in [4.69, 9.17) is 0 Å². The Morgan fingerprint density at radius 2 is 1.85 bits per heavy atom. The SMILES string of the molecule is CS(=O)(=Nc1ccc([N+](=O)[O-])cc1)c1cccc(Br)c1. The van der Waals surface area contributed by atoms with Gasteiger partial charge < -0.3 is 0 Å². The number of nitro benzene ring substituents is 1. The Bertz CT molecular complexity index is 765. The summed E-state index contributed by atoms with van der Waals surface area (Å²) in [6.45, 7) is 0. The molecule has 5 nitrogen and oxygen atoms in total. The highest BCUT2D eigenvalue weighted by Gasteiger charge is 2.08. The summed E-state index contributed by atoms with van der Waals surface area (Å²) in [5.41, 5.74) is 0.428. The van der Waals surface area contributed by atoms with Crippen LogP contribution >= 0.6 is 15.9 Å². The molecule has 0 aliphatic carbocycles. The lowest BCUT2D eigenvalue weighted by molar-refractivity contribution is -0.384. The molecule has 0 aliphatic heterocycles. The van der Waals surface area contributed by atoms with Crippen molar-refractivity contribution in [2.75, 3.05) is 6.26 Å². The molecule has 0 bridgehead atoms. The predicted octanol–water partition coefficient (Wildman–Crippen LogP) is 4.15. The largest absolute Gasteiger partial charge is 0.269 e. The molecule has 0 heterocycles. The monoisotopic (exact) mass is 354 g/mol. The van der Waals surface area contributed by atoms with Crippen molar-refractivity contribution in [1.82, 2.24) is 0 Å². The molecule has 1 atom stereocenters. The highest BCUT2D eigenvalue weighted by Crippen LogP contribution is 2.23. The Morgan fingerprint density at radius 1 is 1.20 bits per heavy atom.